The average Bonchev–Trinajstić information content (AvgIpc) is 2.83. The van der Waals surface area contributed by atoms with E-state index in [0.717, 1.165) is 41.1 Å². The Morgan fingerprint density at radius 1 is 1.08 bits per heavy atom. The van der Waals surface area contributed by atoms with Crippen LogP contribution in [-0.2, 0) is 19.1 Å². The molecule has 3 aromatic rings. The van der Waals surface area contributed by atoms with Crippen LogP contribution < -0.4 is 5.73 Å². The van der Waals surface area contributed by atoms with Gasteiger partial charge in [-0.05, 0) is 41.8 Å². The van der Waals surface area contributed by atoms with Crippen LogP contribution in [-0.4, -0.2) is 9.55 Å². The first-order valence-electron chi connectivity index (χ1n) is 8.15. The van der Waals surface area contributed by atoms with Crippen molar-refractivity contribution in [2.75, 3.05) is 5.73 Å². The number of hydrogen-bond acceptors (Lipinski definition) is 2. The van der Waals surface area contributed by atoms with Gasteiger partial charge in [0.15, 0.2) is 0 Å². The molecule has 0 aliphatic rings. The van der Waals surface area contributed by atoms with Gasteiger partial charge in [-0.25, -0.2) is 4.98 Å². The van der Waals surface area contributed by atoms with Crippen molar-refractivity contribution in [3.8, 4) is 0 Å². The molecule has 3 rings (SSSR count). The number of halogens is 3. The zero-order chi connectivity index (χ0) is 18.2. The van der Waals surface area contributed by atoms with Crippen LogP contribution in [0.1, 0.15) is 30.8 Å². The smallest absolute Gasteiger partial charge is 0.399 e. The lowest BCUT2D eigenvalue weighted by Crippen LogP contribution is -2.09. The molecule has 0 aliphatic heterocycles. The minimum absolute atomic E-state index is 0.418. The number of imidazole rings is 1. The topological polar surface area (TPSA) is 43.8 Å². The van der Waals surface area contributed by atoms with Crippen molar-refractivity contribution >= 4 is 16.7 Å². The van der Waals surface area contributed by atoms with Gasteiger partial charge >= 0.3 is 6.18 Å². The largest absolute Gasteiger partial charge is 0.416 e. The molecule has 0 aliphatic carbocycles. The third-order valence-electron chi connectivity index (χ3n) is 4.04. The van der Waals surface area contributed by atoms with Crippen molar-refractivity contribution in [1.82, 2.24) is 9.55 Å². The SMILES string of the molecule is CC(C)Cn1c(Cc2ccc(C(F)(F)F)cc2)nc2cc(N)ccc21. The maximum absolute atomic E-state index is 12.7. The third kappa shape index (κ3) is 3.78. The standard InChI is InChI=1S/C19H20F3N3/c1-12(2)11-25-17-8-7-15(23)10-16(17)24-18(25)9-13-3-5-14(6-4-13)19(20,21)22/h3-8,10,12H,9,11,23H2,1-2H3. The van der Waals surface area contributed by atoms with Crippen LogP contribution in [0.15, 0.2) is 42.5 Å². The Morgan fingerprint density at radius 3 is 2.36 bits per heavy atom. The Hall–Kier alpha value is -2.50. The summed E-state index contributed by atoms with van der Waals surface area (Å²) in [4.78, 5) is 4.65. The monoisotopic (exact) mass is 347 g/mol. The third-order valence-corrected chi connectivity index (χ3v) is 4.04. The predicted octanol–water partition coefficient (Wildman–Crippen LogP) is 4.88. The molecule has 0 saturated carbocycles. The fraction of sp³-hybridized carbons (Fsp3) is 0.316. The molecular formula is C19H20F3N3. The molecule has 25 heavy (non-hydrogen) atoms. The van der Waals surface area contributed by atoms with Crippen LogP contribution in [0.25, 0.3) is 11.0 Å². The molecule has 2 N–H and O–H groups in total. The predicted molar refractivity (Wildman–Crippen MR) is 93.2 cm³/mol. The number of anilines is 1. The van der Waals surface area contributed by atoms with E-state index in [1.54, 1.807) is 0 Å². The molecule has 0 saturated heterocycles. The fourth-order valence-electron chi connectivity index (χ4n) is 2.89. The lowest BCUT2D eigenvalue weighted by Gasteiger charge is -2.12. The number of alkyl halides is 3. The van der Waals surface area contributed by atoms with E-state index in [2.05, 4.69) is 23.4 Å². The first-order valence-corrected chi connectivity index (χ1v) is 8.15. The van der Waals surface area contributed by atoms with Crippen molar-refractivity contribution in [1.29, 1.82) is 0 Å². The van der Waals surface area contributed by atoms with E-state index in [9.17, 15) is 13.2 Å². The Morgan fingerprint density at radius 2 is 1.76 bits per heavy atom. The molecule has 0 spiro atoms. The molecule has 1 aromatic heterocycles. The van der Waals surface area contributed by atoms with Crippen molar-refractivity contribution in [2.45, 2.75) is 33.0 Å². The molecule has 1 heterocycles. The van der Waals surface area contributed by atoms with Crippen LogP contribution in [0.4, 0.5) is 18.9 Å². The first kappa shape index (κ1) is 17.3. The van der Waals surface area contributed by atoms with E-state index >= 15 is 0 Å². The van der Waals surface area contributed by atoms with E-state index in [-0.39, 0.29) is 0 Å². The van der Waals surface area contributed by atoms with Crippen molar-refractivity contribution in [3.63, 3.8) is 0 Å². The first-order chi connectivity index (χ1) is 11.7. The summed E-state index contributed by atoms with van der Waals surface area (Å²) in [6.07, 6.45) is -3.85. The van der Waals surface area contributed by atoms with Gasteiger partial charge in [0.2, 0.25) is 0 Å². The molecule has 0 radical (unpaired) electrons. The molecule has 2 aromatic carbocycles. The second kappa shape index (κ2) is 6.43. The van der Waals surface area contributed by atoms with E-state index < -0.39 is 11.7 Å². The van der Waals surface area contributed by atoms with Gasteiger partial charge in [0.25, 0.3) is 0 Å². The Balaban J connectivity index is 1.97. The van der Waals surface area contributed by atoms with Gasteiger partial charge in [0.05, 0.1) is 16.6 Å². The van der Waals surface area contributed by atoms with E-state index in [1.807, 2.05) is 18.2 Å². The molecule has 0 bridgehead atoms. The number of nitrogens with zero attached hydrogens (tertiary/aromatic N) is 2. The number of fused-ring (bicyclic) bond motifs is 1. The van der Waals surface area contributed by atoms with Crippen LogP contribution in [0.2, 0.25) is 0 Å². The van der Waals surface area contributed by atoms with Gasteiger partial charge in [-0.3, -0.25) is 0 Å². The zero-order valence-corrected chi connectivity index (χ0v) is 14.1. The maximum atomic E-state index is 12.7. The number of rotatable bonds is 4. The summed E-state index contributed by atoms with van der Waals surface area (Å²) in [6, 6.07) is 10.8. The van der Waals surface area contributed by atoms with Gasteiger partial charge in [-0.15, -0.1) is 0 Å². The number of benzene rings is 2. The summed E-state index contributed by atoms with van der Waals surface area (Å²) in [7, 11) is 0. The molecule has 132 valence electrons. The quantitative estimate of drug-likeness (QED) is 0.683. The highest BCUT2D eigenvalue weighted by atomic mass is 19.4. The van der Waals surface area contributed by atoms with Gasteiger partial charge in [-0.1, -0.05) is 26.0 Å². The number of hydrogen-bond donors (Lipinski definition) is 1. The van der Waals surface area contributed by atoms with Gasteiger partial charge in [0.1, 0.15) is 5.82 Å². The van der Waals surface area contributed by atoms with E-state index in [0.29, 0.717) is 18.0 Å². The van der Waals surface area contributed by atoms with E-state index in [1.165, 1.54) is 12.1 Å². The summed E-state index contributed by atoms with van der Waals surface area (Å²) in [6.45, 7) is 5.02. The number of aromatic nitrogens is 2. The molecule has 6 heteroatoms. The highest BCUT2D eigenvalue weighted by Crippen LogP contribution is 2.29. The molecule has 3 nitrogen and oxygen atoms in total. The van der Waals surface area contributed by atoms with E-state index in [4.69, 9.17) is 5.73 Å². The zero-order valence-electron chi connectivity index (χ0n) is 14.1. The summed E-state index contributed by atoms with van der Waals surface area (Å²) >= 11 is 0. The maximum Gasteiger partial charge on any atom is 0.416 e. The van der Waals surface area contributed by atoms with Crippen LogP contribution in [0.5, 0.6) is 0 Å². The van der Waals surface area contributed by atoms with Crippen molar-refractivity contribution < 1.29 is 13.2 Å². The van der Waals surface area contributed by atoms with Crippen LogP contribution in [0.3, 0.4) is 0 Å². The van der Waals surface area contributed by atoms with Gasteiger partial charge in [-0.2, -0.15) is 13.2 Å². The number of nitrogens with two attached hydrogens (primary N) is 1. The lowest BCUT2D eigenvalue weighted by molar-refractivity contribution is -0.137. The number of nitrogen functional groups attached to an aromatic ring is 1. The average molecular weight is 347 g/mol. The highest BCUT2D eigenvalue weighted by molar-refractivity contribution is 5.79. The van der Waals surface area contributed by atoms with Crippen LogP contribution >= 0.6 is 0 Å². The minimum atomic E-state index is -4.32. The normalized spacial score (nSPS) is 12.2. The summed E-state index contributed by atoms with van der Waals surface area (Å²) in [5.41, 5.74) is 8.43. The van der Waals surface area contributed by atoms with Crippen LogP contribution in [0, 0.1) is 5.92 Å². The second-order valence-corrected chi connectivity index (χ2v) is 6.65. The Kier molecular flexibility index (Phi) is 4.45. The molecular weight excluding hydrogens is 327 g/mol. The highest BCUT2D eigenvalue weighted by Gasteiger charge is 2.30. The summed E-state index contributed by atoms with van der Waals surface area (Å²) in [5, 5.41) is 0. The molecule has 0 unspecified atom stereocenters. The Labute approximate surface area is 144 Å². The summed E-state index contributed by atoms with van der Waals surface area (Å²) < 4.78 is 40.2. The molecule has 0 fully saturated rings. The second-order valence-electron chi connectivity index (χ2n) is 6.65. The molecule has 0 amide bonds. The summed E-state index contributed by atoms with van der Waals surface area (Å²) in [5.74, 6) is 1.25. The fourth-order valence-corrected chi connectivity index (χ4v) is 2.89. The van der Waals surface area contributed by atoms with Gasteiger partial charge < -0.3 is 10.3 Å². The molecule has 0 atom stereocenters. The minimum Gasteiger partial charge on any atom is -0.399 e. The van der Waals surface area contributed by atoms with Crippen molar-refractivity contribution in [2.24, 2.45) is 5.92 Å². The van der Waals surface area contributed by atoms with Crippen molar-refractivity contribution in [3.05, 3.63) is 59.4 Å². The lowest BCUT2D eigenvalue weighted by atomic mass is 10.1. The Bertz CT molecular complexity index is 877. The van der Waals surface area contributed by atoms with Gasteiger partial charge in [0, 0.05) is 18.7 Å².